The molecule has 0 aromatic heterocycles. The third-order valence-corrected chi connectivity index (χ3v) is 6.95. The van der Waals surface area contributed by atoms with Crippen molar-refractivity contribution in [3.8, 4) is 0 Å². The van der Waals surface area contributed by atoms with Crippen LogP contribution in [0.4, 0.5) is 0 Å². The van der Waals surface area contributed by atoms with Gasteiger partial charge in [-0.25, -0.2) is 0 Å². The van der Waals surface area contributed by atoms with Crippen LogP contribution in [0, 0.1) is 11.8 Å². The van der Waals surface area contributed by atoms with Crippen molar-refractivity contribution >= 4 is 11.8 Å². The Kier molecular flexibility index (Phi) is 6.74. The molecule has 2 amide bonds. The van der Waals surface area contributed by atoms with E-state index in [9.17, 15) is 9.59 Å². The zero-order chi connectivity index (χ0) is 21.1. The number of nitrogens with one attached hydrogen (secondary N) is 1. The van der Waals surface area contributed by atoms with Gasteiger partial charge in [0.25, 0.3) is 0 Å². The van der Waals surface area contributed by atoms with E-state index in [1.54, 1.807) is 0 Å². The Morgan fingerprint density at radius 2 is 1.87 bits per heavy atom. The molecular formula is C24H35N3O3. The molecule has 30 heavy (non-hydrogen) atoms. The van der Waals surface area contributed by atoms with Crippen molar-refractivity contribution in [1.29, 1.82) is 0 Å². The fourth-order valence-electron chi connectivity index (χ4n) is 5.24. The van der Waals surface area contributed by atoms with E-state index in [0.717, 1.165) is 39.0 Å². The minimum absolute atomic E-state index is 0.0948. The fourth-order valence-corrected chi connectivity index (χ4v) is 5.24. The van der Waals surface area contributed by atoms with E-state index < -0.39 is 0 Å². The van der Waals surface area contributed by atoms with E-state index in [2.05, 4.69) is 34.5 Å². The summed E-state index contributed by atoms with van der Waals surface area (Å²) >= 11 is 0. The Labute approximate surface area is 179 Å². The summed E-state index contributed by atoms with van der Waals surface area (Å²) in [5.74, 6) is 0.782. The van der Waals surface area contributed by atoms with Crippen molar-refractivity contribution in [1.82, 2.24) is 15.1 Å². The molecule has 3 fully saturated rings. The summed E-state index contributed by atoms with van der Waals surface area (Å²) in [6, 6.07) is 11.1. The van der Waals surface area contributed by atoms with Crippen LogP contribution in [0.15, 0.2) is 30.3 Å². The van der Waals surface area contributed by atoms with Crippen molar-refractivity contribution in [2.45, 2.75) is 64.3 Å². The molecule has 1 aliphatic carbocycles. The van der Waals surface area contributed by atoms with Gasteiger partial charge in [0, 0.05) is 50.6 Å². The molecule has 2 saturated heterocycles. The molecule has 2 aliphatic heterocycles. The van der Waals surface area contributed by atoms with Crippen molar-refractivity contribution < 1.29 is 14.3 Å². The lowest BCUT2D eigenvalue weighted by Crippen LogP contribution is -2.37. The summed E-state index contributed by atoms with van der Waals surface area (Å²) in [6.45, 7) is 7.88. The van der Waals surface area contributed by atoms with Crippen molar-refractivity contribution in [2.24, 2.45) is 11.8 Å². The highest BCUT2D eigenvalue weighted by molar-refractivity contribution is 5.77. The summed E-state index contributed by atoms with van der Waals surface area (Å²) in [5, 5.41) is 3.14. The first kappa shape index (κ1) is 21.3. The van der Waals surface area contributed by atoms with Crippen LogP contribution < -0.4 is 5.32 Å². The number of amides is 2. The summed E-state index contributed by atoms with van der Waals surface area (Å²) in [7, 11) is 0. The Bertz CT molecular complexity index is 732. The predicted octanol–water partition coefficient (Wildman–Crippen LogP) is 2.43. The number of fused-ring (bicyclic) bond motifs is 1. The van der Waals surface area contributed by atoms with E-state index in [-0.39, 0.29) is 35.8 Å². The maximum Gasteiger partial charge on any atom is 0.225 e. The molecule has 1 aromatic carbocycles. The Balaban J connectivity index is 1.46. The average Bonchev–Trinajstić information content (AvgIpc) is 3.35. The maximum absolute atomic E-state index is 12.8. The third kappa shape index (κ3) is 4.86. The molecule has 3 aliphatic rings. The molecule has 0 bridgehead atoms. The molecule has 1 N–H and O–H groups in total. The Morgan fingerprint density at radius 1 is 1.13 bits per heavy atom. The largest absolute Gasteiger partial charge is 0.376 e. The first-order valence-corrected chi connectivity index (χ1v) is 11.6. The van der Waals surface area contributed by atoms with Gasteiger partial charge in [-0.05, 0) is 38.2 Å². The van der Waals surface area contributed by atoms with Crippen molar-refractivity contribution in [2.75, 3.05) is 26.2 Å². The van der Waals surface area contributed by atoms with Gasteiger partial charge in [0.1, 0.15) is 0 Å². The molecule has 1 aromatic rings. The Morgan fingerprint density at radius 3 is 2.53 bits per heavy atom. The Hall–Kier alpha value is -1.92. The lowest BCUT2D eigenvalue weighted by atomic mass is 9.84. The molecular weight excluding hydrogens is 378 g/mol. The highest BCUT2D eigenvalue weighted by Crippen LogP contribution is 2.42. The van der Waals surface area contributed by atoms with Crippen LogP contribution in [0.2, 0.25) is 0 Å². The molecule has 6 nitrogen and oxygen atoms in total. The van der Waals surface area contributed by atoms with Gasteiger partial charge in [0.15, 0.2) is 0 Å². The van der Waals surface area contributed by atoms with Crippen LogP contribution in [0.3, 0.4) is 0 Å². The van der Waals surface area contributed by atoms with Crippen molar-refractivity contribution in [3.63, 3.8) is 0 Å². The van der Waals surface area contributed by atoms with Gasteiger partial charge in [-0.2, -0.15) is 0 Å². The number of hydrogen-bond donors (Lipinski definition) is 1. The first-order valence-electron chi connectivity index (χ1n) is 11.6. The summed E-state index contributed by atoms with van der Waals surface area (Å²) in [4.78, 5) is 29.7. The van der Waals surface area contributed by atoms with Gasteiger partial charge < -0.3 is 15.0 Å². The average molecular weight is 414 g/mol. The van der Waals surface area contributed by atoms with Gasteiger partial charge in [-0.1, -0.05) is 30.3 Å². The van der Waals surface area contributed by atoms with E-state index in [4.69, 9.17) is 4.74 Å². The molecule has 164 valence electrons. The minimum atomic E-state index is -0.0948. The molecule has 0 spiro atoms. The van der Waals surface area contributed by atoms with Crippen LogP contribution in [-0.2, 0) is 20.9 Å². The summed E-state index contributed by atoms with van der Waals surface area (Å²) < 4.78 is 6.18. The molecule has 1 saturated carbocycles. The normalized spacial score (nSPS) is 28.3. The van der Waals surface area contributed by atoms with Gasteiger partial charge in [-0.3, -0.25) is 14.5 Å². The number of benzene rings is 1. The second-order valence-corrected chi connectivity index (χ2v) is 9.01. The third-order valence-electron chi connectivity index (χ3n) is 6.95. The van der Waals surface area contributed by atoms with E-state index in [1.165, 1.54) is 5.56 Å². The van der Waals surface area contributed by atoms with Crippen LogP contribution in [0.5, 0.6) is 0 Å². The van der Waals surface area contributed by atoms with Crippen molar-refractivity contribution in [3.05, 3.63) is 35.9 Å². The second-order valence-electron chi connectivity index (χ2n) is 9.01. The SMILES string of the molecule is CCN(CC)C(=O)C[C@@H]1OC[C@@H]2[C@H]1[C@H](CC(=O)NC1CC1)CN2Cc1ccccc1. The summed E-state index contributed by atoms with van der Waals surface area (Å²) in [6.07, 6.45) is 3.06. The number of rotatable bonds is 9. The second kappa shape index (κ2) is 9.48. The number of likely N-dealkylation sites (tertiary alicyclic amines) is 1. The van der Waals surface area contributed by atoms with E-state index in [1.807, 2.05) is 24.8 Å². The number of ether oxygens (including phenoxy) is 1. The minimum Gasteiger partial charge on any atom is -0.376 e. The van der Waals surface area contributed by atoms with Crippen LogP contribution in [0.25, 0.3) is 0 Å². The summed E-state index contributed by atoms with van der Waals surface area (Å²) in [5.41, 5.74) is 1.28. The zero-order valence-electron chi connectivity index (χ0n) is 18.3. The quantitative estimate of drug-likeness (QED) is 0.675. The van der Waals surface area contributed by atoms with E-state index in [0.29, 0.717) is 25.5 Å². The monoisotopic (exact) mass is 413 g/mol. The predicted molar refractivity (Wildman–Crippen MR) is 116 cm³/mol. The molecule has 0 unspecified atom stereocenters. The zero-order valence-corrected chi connectivity index (χ0v) is 18.3. The highest BCUT2D eigenvalue weighted by Gasteiger charge is 2.51. The molecule has 4 atom stereocenters. The van der Waals surface area contributed by atoms with Gasteiger partial charge >= 0.3 is 0 Å². The lowest BCUT2D eigenvalue weighted by molar-refractivity contribution is -0.133. The van der Waals surface area contributed by atoms with Gasteiger partial charge in [0.05, 0.1) is 19.1 Å². The smallest absolute Gasteiger partial charge is 0.225 e. The highest BCUT2D eigenvalue weighted by atomic mass is 16.5. The number of nitrogens with zero attached hydrogens (tertiary/aromatic N) is 2. The molecule has 4 rings (SSSR count). The topological polar surface area (TPSA) is 61.9 Å². The molecule has 0 radical (unpaired) electrons. The number of carbonyl (C=O) groups is 2. The van der Waals surface area contributed by atoms with Gasteiger partial charge in [0.2, 0.25) is 11.8 Å². The maximum atomic E-state index is 12.8. The van der Waals surface area contributed by atoms with Crippen LogP contribution >= 0.6 is 0 Å². The fraction of sp³-hybridized carbons (Fsp3) is 0.667. The number of carbonyl (C=O) groups excluding carboxylic acids is 2. The first-order chi connectivity index (χ1) is 14.6. The lowest BCUT2D eigenvalue weighted by Gasteiger charge is -2.26. The molecule has 6 heteroatoms. The standard InChI is InChI=1S/C24H35N3O3/c1-3-26(4-2)23(29)13-21-24-18(12-22(28)25-19-10-11-19)15-27(20(24)16-30-21)14-17-8-6-5-7-9-17/h5-9,18-21,24H,3-4,10-16H2,1-2H3,(H,25,28)/t18-,20-,21+,24-/m1/s1. The van der Waals surface area contributed by atoms with E-state index >= 15 is 0 Å². The van der Waals surface area contributed by atoms with Crippen LogP contribution in [-0.4, -0.2) is 66.0 Å². The number of hydrogen-bond acceptors (Lipinski definition) is 4. The van der Waals surface area contributed by atoms with Crippen LogP contribution in [0.1, 0.15) is 45.1 Å². The van der Waals surface area contributed by atoms with Gasteiger partial charge in [-0.15, -0.1) is 0 Å². The molecule has 2 heterocycles.